The molecule has 23 heavy (non-hydrogen) atoms. The summed E-state index contributed by atoms with van der Waals surface area (Å²) in [6.45, 7) is 0. The second-order valence-electron chi connectivity index (χ2n) is 5.13. The molecule has 1 amide bonds. The number of ether oxygens (including phenoxy) is 1. The first-order chi connectivity index (χ1) is 10.9. The van der Waals surface area contributed by atoms with Gasteiger partial charge in [0.25, 0.3) is 0 Å². The van der Waals surface area contributed by atoms with E-state index in [4.69, 9.17) is 10.2 Å². The minimum atomic E-state index is -1.18. The van der Waals surface area contributed by atoms with Gasteiger partial charge in [-0.05, 0) is 17.7 Å². The average molecular weight is 338 g/mol. The average Bonchev–Trinajstić information content (AvgIpc) is 3.01. The molecule has 2 aliphatic heterocycles. The van der Waals surface area contributed by atoms with Gasteiger partial charge in [0, 0.05) is 12.2 Å². The second kappa shape index (κ2) is 5.74. The van der Waals surface area contributed by atoms with Crippen LogP contribution in [0.25, 0.3) is 0 Å². The number of thioether (sulfide) groups is 1. The van der Waals surface area contributed by atoms with Crippen LogP contribution in [0.2, 0.25) is 0 Å². The normalized spacial score (nSPS) is 23.4. The molecule has 122 valence electrons. The molecule has 0 bridgehead atoms. The number of hydrogen-bond acceptors (Lipinski definition) is 7. The zero-order valence-corrected chi connectivity index (χ0v) is 13.0. The highest BCUT2D eigenvalue weighted by molar-refractivity contribution is 8.00. The fraction of sp³-hybridized carbons (Fsp3) is 0.357. The number of rotatable bonds is 4. The SMILES string of the molecule is COC(=O)c1ccc(CC2=C(C(=O)O)N3C(=O)[C@@H](N)[C@H]3SC2)o1. The topological polar surface area (TPSA) is 123 Å². The van der Waals surface area contributed by atoms with Crippen molar-refractivity contribution in [3.05, 3.63) is 34.9 Å². The first-order valence-electron chi connectivity index (χ1n) is 6.76. The van der Waals surface area contributed by atoms with Gasteiger partial charge in [0.05, 0.1) is 7.11 Å². The number of carboxylic acids is 1. The molecule has 1 fully saturated rings. The van der Waals surface area contributed by atoms with Gasteiger partial charge in [-0.3, -0.25) is 9.69 Å². The Hall–Kier alpha value is -2.26. The van der Waals surface area contributed by atoms with E-state index in [1.807, 2.05) is 0 Å². The Morgan fingerprint density at radius 1 is 1.52 bits per heavy atom. The van der Waals surface area contributed by atoms with E-state index < -0.39 is 23.9 Å². The number of fused-ring (bicyclic) bond motifs is 1. The number of carbonyl (C=O) groups excluding carboxylic acids is 2. The van der Waals surface area contributed by atoms with Crippen molar-refractivity contribution in [2.24, 2.45) is 5.73 Å². The van der Waals surface area contributed by atoms with E-state index in [2.05, 4.69) is 4.74 Å². The molecule has 0 saturated carbocycles. The van der Waals surface area contributed by atoms with Gasteiger partial charge in [0.15, 0.2) is 0 Å². The fourth-order valence-corrected chi connectivity index (χ4v) is 3.90. The van der Waals surface area contributed by atoms with Crippen LogP contribution in [-0.2, 0) is 20.7 Å². The van der Waals surface area contributed by atoms with Crippen molar-refractivity contribution in [3.8, 4) is 0 Å². The molecule has 3 heterocycles. The van der Waals surface area contributed by atoms with Gasteiger partial charge in [0.1, 0.15) is 22.9 Å². The lowest BCUT2D eigenvalue weighted by Crippen LogP contribution is -2.68. The summed E-state index contributed by atoms with van der Waals surface area (Å²) < 4.78 is 9.91. The Bertz CT molecular complexity index is 725. The summed E-state index contributed by atoms with van der Waals surface area (Å²) in [7, 11) is 1.24. The first kappa shape index (κ1) is 15.6. The fourth-order valence-electron chi connectivity index (χ4n) is 2.61. The van der Waals surface area contributed by atoms with Crippen LogP contribution in [0.5, 0.6) is 0 Å². The molecule has 0 unspecified atom stereocenters. The van der Waals surface area contributed by atoms with Crippen LogP contribution in [0.1, 0.15) is 16.3 Å². The quantitative estimate of drug-likeness (QED) is 0.589. The third-order valence-electron chi connectivity index (χ3n) is 3.73. The van der Waals surface area contributed by atoms with E-state index in [1.165, 1.54) is 29.8 Å². The predicted molar refractivity (Wildman–Crippen MR) is 79.5 cm³/mol. The van der Waals surface area contributed by atoms with Crippen LogP contribution in [0.3, 0.4) is 0 Å². The first-order valence-corrected chi connectivity index (χ1v) is 7.81. The molecule has 2 atom stereocenters. The van der Waals surface area contributed by atoms with Crippen molar-refractivity contribution in [3.63, 3.8) is 0 Å². The summed E-state index contributed by atoms with van der Waals surface area (Å²) in [5.74, 6) is -1.28. The molecule has 2 aliphatic rings. The van der Waals surface area contributed by atoms with Gasteiger partial charge in [-0.15, -0.1) is 11.8 Å². The van der Waals surface area contributed by atoms with E-state index in [0.717, 1.165) is 0 Å². The highest BCUT2D eigenvalue weighted by Crippen LogP contribution is 2.40. The summed E-state index contributed by atoms with van der Waals surface area (Å²) in [6, 6.07) is 2.38. The van der Waals surface area contributed by atoms with Crippen molar-refractivity contribution in [1.82, 2.24) is 4.90 Å². The molecule has 0 aliphatic carbocycles. The maximum absolute atomic E-state index is 11.8. The Morgan fingerprint density at radius 2 is 2.26 bits per heavy atom. The molecular formula is C14H14N2O6S. The molecule has 0 spiro atoms. The zero-order valence-electron chi connectivity index (χ0n) is 12.1. The number of furan rings is 1. The summed E-state index contributed by atoms with van der Waals surface area (Å²) in [5, 5.41) is 9.10. The van der Waals surface area contributed by atoms with Gasteiger partial charge in [-0.25, -0.2) is 9.59 Å². The minimum Gasteiger partial charge on any atom is -0.477 e. The highest BCUT2D eigenvalue weighted by Gasteiger charge is 2.51. The highest BCUT2D eigenvalue weighted by atomic mass is 32.2. The number of nitrogens with two attached hydrogens (primary N) is 1. The summed E-state index contributed by atoms with van der Waals surface area (Å²) in [4.78, 5) is 36.0. The minimum absolute atomic E-state index is 0.0448. The Labute approximate surface area is 135 Å². The van der Waals surface area contributed by atoms with E-state index in [1.54, 1.807) is 6.07 Å². The third kappa shape index (κ3) is 2.51. The van der Waals surface area contributed by atoms with Gasteiger partial charge >= 0.3 is 11.9 Å². The largest absolute Gasteiger partial charge is 0.477 e. The Morgan fingerprint density at radius 3 is 2.91 bits per heavy atom. The number of amides is 1. The lowest BCUT2D eigenvalue weighted by atomic mass is 10.0. The molecule has 0 aromatic carbocycles. The second-order valence-corrected chi connectivity index (χ2v) is 6.23. The van der Waals surface area contributed by atoms with Crippen molar-refractivity contribution < 1.29 is 28.6 Å². The van der Waals surface area contributed by atoms with Gasteiger partial charge in [-0.1, -0.05) is 0 Å². The van der Waals surface area contributed by atoms with Crippen LogP contribution in [0.4, 0.5) is 0 Å². The Balaban J connectivity index is 1.88. The molecule has 1 aromatic rings. The van der Waals surface area contributed by atoms with E-state index >= 15 is 0 Å². The number of carbonyl (C=O) groups is 3. The summed E-state index contributed by atoms with van der Waals surface area (Å²) in [5.41, 5.74) is 6.19. The smallest absolute Gasteiger partial charge is 0.373 e. The Kier molecular flexibility index (Phi) is 3.90. The molecule has 9 heteroatoms. The van der Waals surface area contributed by atoms with E-state index in [0.29, 0.717) is 17.1 Å². The van der Waals surface area contributed by atoms with Crippen molar-refractivity contribution in [2.45, 2.75) is 17.8 Å². The maximum atomic E-state index is 11.8. The molecule has 1 saturated heterocycles. The number of aliphatic carboxylic acids is 1. The monoisotopic (exact) mass is 338 g/mol. The van der Waals surface area contributed by atoms with Crippen LogP contribution in [0, 0.1) is 0 Å². The number of hydrogen-bond donors (Lipinski definition) is 2. The van der Waals surface area contributed by atoms with Crippen LogP contribution < -0.4 is 5.73 Å². The van der Waals surface area contributed by atoms with Crippen molar-refractivity contribution in [2.75, 3.05) is 12.9 Å². The van der Waals surface area contributed by atoms with Crippen LogP contribution in [0.15, 0.2) is 27.8 Å². The number of methoxy groups -OCH3 is 1. The molecule has 0 radical (unpaired) electrons. The standard InChI is InChI=1S/C14H14N2O6S/c1-21-14(20)8-3-2-7(22-8)4-6-5-23-12-9(15)11(17)16(12)10(6)13(18)19/h2-3,9,12H,4-5,15H2,1H3,(H,18,19)/t9-,12-/m1/s1. The number of carboxylic acid groups (broad SMARTS) is 1. The zero-order chi connectivity index (χ0) is 16.7. The number of esters is 1. The van der Waals surface area contributed by atoms with Crippen LogP contribution >= 0.6 is 11.8 Å². The molecule has 3 rings (SSSR count). The predicted octanol–water partition coefficient (Wildman–Crippen LogP) is 0.190. The molecular weight excluding hydrogens is 324 g/mol. The van der Waals surface area contributed by atoms with Crippen molar-refractivity contribution in [1.29, 1.82) is 0 Å². The summed E-state index contributed by atoms with van der Waals surface area (Å²) >= 11 is 1.42. The maximum Gasteiger partial charge on any atom is 0.373 e. The number of nitrogens with zero attached hydrogens (tertiary/aromatic N) is 1. The van der Waals surface area contributed by atoms with Gasteiger partial charge < -0.3 is 20.0 Å². The van der Waals surface area contributed by atoms with E-state index in [9.17, 15) is 19.5 Å². The third-order valence-corrected chi connectivity index (χ3v) is 5.09. The lowest BCUT2D eigenvalue weighted by Gasteiger charge is -2.48. The lowest BCUT2D eigenvalue weighted by molar-refractivity contribution is -0.148. The van der Waals surface area contributed by atoms with Crippen molar-refractivity contribution >= 4 is 29.6 Å². The van der Waals surface area contributed by atoms with Gasteiger partial charge in [0.2, 0.25) is 11.7 Å². The molecule has 3 N–H and O–H groups in total. The van der Waals surface area contributed by atoms with Gasteiger partial charge in [-0.2, -0.15) is 0 Å². The van der Waals surface area contributed by atoms with E-state index in [-0.39, 0.29) is 23.3 Å². The molecule has 8 nitrogen and oxygen atoms in total. The summed E-state index contributed by atoms with van der Waals surface area (Å²) in [6.07, 6.45) is 0.192. The molecule has 1 aromatic heterocycles. The van der Waals surface area contributed by atoms with Crippen LogP contribution in [-0.4, -0.2) is 52.1 Å². The number of β-lactam (4-membered cyclic amide) rings is 1.